The number of phenolic OH excluding ortho intramolecular Hbond substituents is 4. The summed E-state index contributed by atoms with van der Waals surface area (Å²) >= 11 is 0. The van der Waals surface area contributed by atoms with Crippen molar-refractivity contribution in [3.63, 3.8) is 0 Å². The van der Waals surface area contributed by atoms with Crippen LogP contribution in [0.25, 0.3) is 0 Å². The molecule has 0 spiro atoms. The minimum absolute atomic E-state index is 0.000403. The number of hydrogen-bond acceptors (Lipinski definition) is 7. The molecule has 0 saturated heterocycles. The molecule has 3 aromatic rings. The van der Waals surface area contributed by atoms with E-state index in [-0.39, 0.29) is 58.3 Å². The molecule has 0 fully saturated rings. The van der Waals surface area contributed by atoms with Gasteiger partial charge in [-0.1, -0.05) is 12.1 Å². The highest BCUT2D eigenvalue weighted by atomic mass is 16.4. The second-order valence-corrected chi connectivity index (χ2v) is 7.09. The van der Waals surface area contributed by atoms with Gasteiger partial charge in [0.05, 0.1) is 5.56 Å². The van der Waals surface area contributed by atoms with Gasteiger partial charge in [-0.25, -0.2) is 4.79 Å². The summed E-state index contributed by atoms with van der Waals surface area (Å²) in [5, 5.41) is 52.8. The third-order valence-corrected chi connectivity index (χ3v) is 4.70. The molecule has 170 valence electrons. The number of carboxylic acid groups (broad SMARTS) is 1. The number of aromatic carboxylic acids is 1. The lowest BCUT2D eigenvalue weighted by molar-refractivity contribution is 0.0694. The molecule has 0 bridgehead atoms. The van der Waals surface area contributed by atoms with Gasteiger partial charge in [0, 0.05) is 36.3 Å². The summed E-state index contributed by atoms with van der Waals surface area (Å²) in [5.74, 6) is -3.73. The predicted molar refractivity (Wildman–Crippen MR) is 115 cm³/mol. The van der Waals surface area contributed by atoms with Crippen LogP contribution >= 0.6 is 0 Å². The van der Waals surface area contributed by atoms with Gasteiger partial charge in [-0.15, -0.1) is 0 Å². The van der Waals surface area contributed by atoms with Crippen LogP contribution in [0, 0.1) is 0 Å². The van der Waals surface area contributed by atoms with E-state index in [1.807, 2.05) is 0 Å². The van der Waals surface area contributed by atoms with Crippen molar-refractivity contribution in [3.8, 4) is 23.0 Å². The minimum atomic E-state index is -1.24. The minimum Gasteiger partial charge on any atom is -0.508 e. The summed E-state index contributed by atoms with van der Waals surface area (Å²) in [4.78, 5) is 36.5. The molecule has 0 atom stereocenters. The molecule has 0 aliphatic carbocycles. The first-order valence-corrected chi connectivity index (χ1v) is 9.60. The molecule has 0 saturated carbocycles. The van der Waals surface area contributed by atoms with E-state index in [2.05, 4.69) is 10.6 Å². The number of amides is 2. The Balaban J connectivity index is 1.80. The highest BCUT2D eigenvalue weighted by molar-refractivity contribution is 5.96. The number of aromatic hydroxyl groups is 4. The molecule has 0 aliphatic rings. The van der Waals surface area contributed by atoms with Gasteiger partial charge in [0.15, 0.2) is 0 Å². The number of phenols is 4. The first-order chi connectivity index (χ1) is 15.6. The fourth-order valence-corrected chi connectivity index (χ4v) is 3.21. The molecule has 10 nitrogen and oxygen atoms in total. The van der Waals surface area contributed by atoms with Crippen molar-refractivity contribution in [3.05, 3.63) is 82.4 Å². The zero-order valence-corrected chi connectivity index (χ0v) is 17.1. The topological polar surface area (TPSA) is 176 Å². The monoisotopic (exact) mass is 452 g/mol. The van der Waals surface area contributed by atoms with E-state index < -0.39 is 17.8 Å². The first kappa shape index (κ1) is 22.9. The second-order valence-electron chi connectivity index (χ2n) is 7.09. The number of nitrogens with one attached hydrogen (secondary N) is 2. The van der Waals surface area contributed by atoms with Crippen LogP contribution in [0.5, 0.6) is 23.0 Å². The van der Waals surface area contributed by atoms with E-state index >= 15 is 0 Å². The number of carboxylic acids is 1. The molecule has 7 N–H and O–H groups in total. The Morgan fingerprint density at radius 2 is 1.12 bits per heavy atom. The van der Waals surface area contributed by atoms with Gasteiger partial charge in [0.1, 0.15) is 23.0 Å². The number of carbonyl (C=O) groups excluding carboxylic acids is 2. The van der Waals surface area contributed by atoms with E-state index in [1.54, 1.807) is 6.07 Å². The molecule has 0 unspecified atom stereocenters. The zero-order valence-electron chi connectivity index (χ0n) is 17.1. The lowest BCUT2D eigenvalue weighted by atomic mass is 10.00. The van der Waals surface area contributed by atoms with Gasteiger partial charge in [-0.05, 0) is 41.5 Å². The van der Waals surface area contributed by atoms with Crippen LogP contribution in [0.4, 0.5) is 0 Å². The van der Waals surface area contributed by atoms with E-state index in [0.717, 1.165) is 36.4 Å². The lowest BCUT2D eigenvalue weighted by Crippen LogP contribution is -2.27. The Labute approximate surface area is 187 Å². The summed E-state index contributed by atoms with van der Waals surface area (Å²) in [6.45, 7) is -0.315. The number of carbonyl (C=O) groups is 3. The van der Waals surface area contributed by atoms with Crippen molar-refractivity contribution in [2.75, 3.05) is 0 Å². The molecular weight excluding hydrogens is 432 g/mol. The fraction of sp³-hybridized carbons (Fsp3) is 0.0870. The van der Waals surface area contributed by atoms with Gasteiger partial charge in [0.2, 0.25) is 0 Å². The van der Waals surface area contributed by atoms with Gasteiger partial charge >= 0.3 is 5.97 Å². The fourth-order valence-electron chi connectivity index (χ4n) is 3.21. The number of rotatable bonds is 7. The molecule has 3 aromatic carbocycles. The Bertz CT molecular complexity index is 1200. The van der Waals surface area contributed by atoms with Crippen LogP contribution < -0.4 is 10.6 Å². The molecule has 2 amide bonds. The molecular formula is C23H20N2O8. The molecule has 0 aliphatic heterocycles. The van der Waals surface area contributed by atoms with Crippen LogP contribution in [-0.2, 0) is 13.1 Å². The average Bonchev–Trinajstić information content (AvgIpc) is 2.74. The molecule has 0 aromatic heterocycles. The van der Waals surface area contributed by atoms with Gasteiger partial charge in [-0.2, -0.15) is 0 Å². The largest absolute Gasteiger partial charge is 0.508 e. The van der Waals surface area contributed by atoms with Crippen LogP contribution in [0.2, 0.25) is 0 Å². The summed E-state index contributed by atoms with van der Waals surface area (Å²) < 4.78 is 0. The van der Waals surface area contributed by atoms with Crippen molar-refractivity contribution in [1.29, 1.82) is 0 Å². The summed E-state index contributed by atoms with van der Waals surface area (Å²) in [6, 6.07) is 11.2. The van der Waals surface area contributed by atoms with Gasteiger partial charge in [-0.3, -0.25) is 9.59 Å². The van der Waals surface area contributed by atoms with E-state index in [4.69, 9.17) is 0 Å². The van der Waals surface area contributed by atoms with Crippen molar-refractivity contribution in [2.45, 2.75) is 13.1 Å². The highest BCUT2D eigenvalue weighted by Gasteiger charge is 2.17. The molecule has 3 rings (SSSR count). The first-order valence-electron chi connectivity index (χ1n) is 9.60. The molecule has 0 radical (unpaired) electrons. The normalized spacial score (nSPS) is 10.4. The third-order valence-electron chi connectivity index (χ3n) is 4.70. The summed E-state index contributed by atoms with van der Waals surface area (Å²) in [7, 11) is 0. The molecule has 33 heavy (non-hydrogen) atoms. The number of benzene rings is 3. The van der Waals surface area contributed by atoms with Crippen LogP contribution in [0.3, 0.4) is 0 Å². The van der Waals surface area contributed by atoms with Crippen molar-refractivity contribution in [2.24, 2.45) is 0 Å². The zero-order chi connectivity index (χ0) is 24.1. The van der Waals surface area contributed by atoms with Crippen LogP contribution in [0.15, 0.2) is 54.6 Å². The van der Waals surface area contributed by atoms with E-state index in [9.17, 15) is 39.9 Å². The van der Waals surface area contributed by atoms with E-state index in [1.165, 1.54) is 12.1 Å². The second kappa shape index (κ2) is 9.60. The summed E-state index contributed by atoms with van der Waals surface area (Å²) in [5.41, 5.74) is 0.531. The maximum atomic E-state index is 12.4. The molecule has 0 heterocycles. The van der Waals surface area contributed by atoms with E-state index in [0.29, 0.717) is 5.56 Å². The van der Waals surface area contributed by atoms with Gasteiger partial charge in [0.25, 0.3) is 11.8 Å². The standard InChI is InChI=1S/C23H20N2O8/c26-15-4-13(5-16(27)8-15)21(30)24-10-12-2-1-3-19(23(32)33)20(12)11-25-22(31)14-6-17(28)9-18(29)7-14/h1-9,26-29H,10-11H2,(H,24,30)(H,25,31)(H,32,33). The Morgan fingerprint density at radius 1 is 0.667 bits per heavy atom. The van der Waals surface area contributed by atoms with Crippen molar-refractivity contribution < 1.29 is 39.9 Å². The van der Waals surface area contributed by atoms with Crippen molar-refractivity contribution in [1.82, 2.24) is 10.6 Å². The van der Waals surface area contributed by atoms with Crippen molar-refractivity contribution >= 4 is 17.8 Å². The lowest BCUT2D eigenvalue weighted by Gasteiger charge is -2.15. The maximum Gasteiger partial charge on any atom is 0.336 e. The summed E-state index contributed by atoms with van der Waals surface area (Å²) in [6.07, 6.45) is 0. The third kappa shape index (κ3) is 5.70. The highest BCUT2D eigenvalue weighted by Crippen LogP contribution is 2.22. The molecule has 10 heteroatoms. The SMILES string of the molecule is O=C(NCc1cccc(C(=O)O)c1CNC(=O)c1cc(O)cc(O)c1)c1cc(O)cc(O)c1. The smallest absolute Gasteiger partial charge is 0.336 e. The predicted octanol–water partition coefficient (Wildman–Crippen LogP) is 2.07. The number of hydrogen-bond donors (Lipinski definition) is 7. The quantitative estimate of drug-likeness (QED) is 0.285. The maximum absolute atomic E-state index is 12.4. The Kier molecular flexibility index (Phi) is 6.68. The average molecular weight is 452 g/mol. The Hall–Kier alpha value is -4.73. The van der Waals surface area contributed by atoms with Gasteiger partial charge < -0.3 is 36.2 Å². The Morgan fingerprint density at radius 3 is 1.58 bits per heavy atom. The van der Waals surface area contributed by atoms with Crippen LogP contribution in [-0.4, -0.2) is 43.3 Å². The van der Waals surface area contributed by atoms with Crippen LogP contribution in [0.1, 0.15) is 42.2 Å².